The van der Waals surface area contributed by atoms with E-state index < -0.39 is 23.7 Å². The van der Waals surface area contributed by atoms with Crippen molar-refractivity contribution in [3.8, 4) is 11.5 Å². The highest BCUT2D eigenvalue weighted by atomic mass is 19.4. The van der Waals surface area contributed by atoms with E-state index in [0.717, 1.165) is 17.7 Å². The Labute approximate surface area is 193 Å². The van der Waals surface area contributed by atoms with Crippen LogP contribution in [0, 0.1) is 0 Å². The van der Waals surface area contributed by atoms with Crippen LogP contribution in [0.2, 0.25) is 0 Å². The predicted octanol–water partition coefficient (Wildman–Crippen LogP) is 4.96. The quantitative estimate of drug-likeness (QED) is 0.405. The summed E-state index contributed by atoms with van der Waals surface area (Å²) in [6.07, 6.45) is -4.77. The van der Waals surface area contributed by atoms with Crippen molar-refractivity contribution in [2.75, 3.05) is 6.54 Å². The van der Waals surface area contributed by atoms with E-state index in [0.29, 0.717) is 5.56 Å². The summed E-state index contributed by atoms with van der Waals surface area (Å²) in [5, 5.41) is 11.7. The third-order valence-electron chi connectivity index (χ3n) is 4.70. The number of esters is 1. The monoisotopic (exact) mass is 473 g/mol. The molecule has 0 aliphatic rings. The number of alkyl halides is 3. The number of nitrogens with one attached hydrogen (secondary N) is 1. The number of carboxylic acid groups (broad SMARTS) is 1. The van der Waals surface area contributed by atoms with Crippen molar-refractivity contribution < 1.29 is 37.3 Å². The minimum atomic E-state index is -4.55. The fourth-order valence-electron chi connectivity index (χ4n) is 3.10. The third kappa shape index (κ3) is 7.63. The lowest BCUT2D eigenvalue weighted by atomic mass is 10.1. The average Bonchev–Trinajstić information content (AvgIpc) is 2.78. The topological polar surface area (TPSA) is 84.9 Å². The highest BCUT2D eigenvalue weighted by molar-refractivity contribution is 5.71. The van der Waals surface area contributed by atoms with Crippen LogP contribution in [0.3, 0.4) is 0 Å². The summed E-state index contributed by atoms with van der Waals surface area (Å²) >= 11 is 0. The lowest BCUT2D eigenvalue weighted by Crippen LogP contribution is -2.24. The van der Waals surface area contributed by atoms with Crippen LogP contribution < -0.4 is 10.1 Å². The first-order valence-electron chi connectivity index (χ1n) is 10.3. The Morgan fingerprint density at radius 3 is 2.35 bits per heavy atom. The first-order chi connectivity index (χ1) is 16.2. The van der Waals surface area contributed by atoms with Crippen LogP contribution in [-0.2, 0) is 40.1 Å². The molecule has 0 fully saturated rings. The van der Waals surface area contributed by atoms with Gasteiger partial charge in [-0.25, -0.2) is 0 Å². The first kappa shape index (κ1) is 24.8. The Morgan fingerprint density at radius 2 is 1.65 bits per heavy atom. The van der Waals surface area contributed by atoms with E-state index in [-0.39, 0.29) is 43.2 Å². The van der Waals surface area contributed by atoms with Crippen molar-refractivity contribution in [1.82, 2.24) is 5.32 Å². The molecular formula is C25H22F3NO5. The normalized spacial score (nSPS) is 11.1. The van der Waals surface area contributed by atoms with Gasteiger partial charge in [-0.15, -0.1) is 0 Å². The van der Waals surface area contributed by atoms with E-state index in [9.17, 15) is 22.8 Å². The molecule has 3 rings (SSSR count). The predicted molar refractivity (Wildman–Crippen MR) is 117 cm³/mol. The molecule has 2 N–H and O–H groups in total. The van der Waals surface area contributed by atoms with E-state index in [4.69, 9.17) is 14.6 Å². The number of carbonyl (C=O) groups is 2. The van der Waals surface area contributed by atoms with Gasteiger partial charge in [0.15, 0.2) is 0 Å². The number of hydrogen-bond donors (Lipinski definition) is 2. The Balaban J connectivity index is 1.68. The number of benzene rings is 3. The number of ether oxygens (including phenoxy) is 2. The molecular weight excluding hydrogens is 451 g/mol. The lowest BCUT2D eigenvalue weighted by Gasteiger charge is -2.15. The molecule has 0 saturated carbocycles. The van der Waals surface area contributed by atoms with Gasteiger partial charge in [0, 0.05) is 12.1 Å². The summed E-state index contributed by atoms with van der Waals surface area (Å²) in [6, 6.07) is 18.4. The molecule has 0 radical (unpaired) electrons. The SMILES string of the molecule is O=C(O)Cc1cccc(Oc2ccc(C(F)(F)F)cc2CNCC(=O)OCc2ccccc2)c1. The van der Waals surface area contributed by atoms with E-state index in [1.807, 2.05) is 18.2 Å². The number of carboxylic acids is 1. The Hall–Kier alpha value is -3.85. The zero-order valence-electron chi connectivity index (χ0n) is 18.0. The van der Waals surface area contributed by atoms with Crippen LogP contribution in [0.4, 0.5) is 13.2 Å². The van der Waals surface area contributed by atoms with Crippen LogP contribution in [0.25, 0.3) is 0 Å². The van der Waals surface area contributed by atoms with Crippen LogP contribution in [0.1, 0.15) is 22.3 Å². The van der Waals surface area contributed by atoms with Gasteiger partial charge < -0.3 is 19.9 Å². The molecule has 9 heteroatoms. The maximum Gasteiger partial charge on any atom is 0.416 e. The Bertz CT molecular complexity index is 1130. The second-order valence-corrected chi connectivity index (χ2v) is 7.39. The molecule has 0 spiro atoms. The second kappa shape index (κ2) is 11.3. The number of aliphatic carboxylic acids is 1. The largest absolute Gasteiger partial charge is 0.481 e. The van der Waals surface area contributed by atoms with E-state index in [1.54, 1.807) is 30.3 Å². The van der Waals surface area contributed by atoms with Gasteiger partial charge in [-0.3, -0.25) is 9.59 Å². The van der Waals surface area contributed by atoms with Gasteiger partial charge >= 0.3 is 18.1 Å². The standard InChI is InChI=1S/C25H22F3NO5/c26-25(27,28)20-9-10-22(34-21-8-4-7-18(11-21)12-23(30)31)19(13-20)14-29-15-24(32)33-16-17-5-2-1-3-6-17/h1-11,13,29H,12,14-16H2,(H,30,31). The first-order valence-corrected chi connectivity index (χ1v) is 10.3. The summed E-state index contributed by atoms with van der Waals surface area (Å²) in [7, 11) is 0. The fourth-order valence-corrected chi connectivity index (χ4v) is 3.10. The smallest absolute Gasteiger partial charge is 0.416 e. The summed E-state index contributed by atoms with van der Waals surface area (Å²) in [6.45, 7) is -0.211. The molecule has 0 aromatic heterocycles. The van der Waals surface area contributed by atoms with Gasteiger partial charge in [0.2, 0.25) is 0 Å². The minimum Gasteiger partial charge on any atom is -0.481 e. The maximum absolute atomic E-state index is 13.2. The summed E-state index contributed by atoms with van der Waals surface area (Å²) in [5.41, 5.74) is 0.615. The molecule has 0 unspecified atom stereocenters. The molecule has 178 valence electrons. The molecule has 3 aromatic carbocycles. The van der Waals surface area contributed by atoms with Crippen LogP contribution in [0.15, 0.2) is 72.8 Å². The zero-order chi connectivity index (χ0) is 24.6. The highest BCUT2D eigenvalue weighted by Gasteiger charge is 2.31. The zero-order valence-corrected chi connectivity index (χ0v) is 18.0. The summed E-state index contributed by atoms with van der Waals surface area (Å²) < 4.78 is 50.6. The molecule has 0 amide bonds. The lowest BCUT2D eigenvalue weighted by molar-refractivity contribution is -0.144. The molecule has 3 aromatic rings. The number of carbonyl (C=O) groups excluding carboxylic acids is 1. The van der Waals surface area contributed by atoms with Crippen molar-refractivity contribution in [3.05, 3.63) is 95.1 Å². The molecule has 0 bridgehead atoms. The average molecular weight is 473 g/mol. The summed E-state index contributed by atoms with van der Waals surface area (Å²) in [4.78, 5) is 22.9. The van der Waals surface area contributed by atoms with Crippen molar-refractivity contribution in [1.29, 1.82) is 0 Å². The van der Waals surface area contributed by atoms with E-state index >= 15 is 0 Å². The Kier molecular flexibility index (Phi) is 8.26. The van der Waals surface area contributed by atoms with Gasteiger partial charge in [-0.1, -0.05) is 42.5 Å². The van der Waals surface area contributed by atoms with Gasteiger partial charge in [0.1, 0.15) is 18.1 Å². The van der Waals surface area contributed by atoms with Crippen molar-refractivity contribution in [2.24, 2.45) is 0 Å². The second-order valence-electron chi connectivity index (χ2n) is 7.39. The number of hydrogen-bond acceptors (Lipinski definition) is 5. The molecule has 6 nitrogen and oxygen atoms in total. The molecule has 0 heterocycles. The Morgan fingerprint density at radius 1 is 0.912 bits per heavy atom. The van der Waals surface area contributed by atoms with Crippen molar-refractivity contribution in [2.45, 2.75) is 25.7 Å². The molecule has 0 aliphatic heterocycles. The fraction of sp³-hybridized carbons (Fsp3) is 0.200. The molecule has 0 atom stereocenters. The number of halogens is 3. The summed E-state index contributed by atoms with van der Waals surface area (Å²) in [5.74, 6) is -1.15. The van der Waals surface area contributed by atoms with Crippen molar-refractivity contribution >= 4 is 11.9 Å². The van der Waals surface area contributed by atoms with E-state index in [2.05, 4.69) is 5.32 Å². The molecule has 34 heavy (non-hydrogen) atoms. The van der Waals surface area contributed by atoms with Gasteiger partial charge in [0.25, 0.3) is 0 Å². The third-order valence-corrected chi connectivity index (χ3v) is 4.70. The number of rotatable bonds is 10. The van der Waals surface area contributed by atoms with Crippen LogP contribution in [0.5, 0.6) is 11.5 Å². The van der Waals surface area contributed by atoms with Crippen LogP contribution in [-0.4, -0.2) is 23.6 Å². The maximum atomic E-state index is 13.2. The van der Waals surface area contributed by atoms with E-state index in [1.165, 1.54) is 12.1 Å². The minimum absolute atomic E-state index is 0.0888. The van der Waals surface area contributed by atoms with Gasteiger partial charge in [-0.2, -0.15) is 13.2 Å². The molecule has 0 aliphatic carbocycles. The highest BCUT2D eigenvalue weighted by Crippen LogP contribution is 2.34. The van der Waals surface area contributed by atoms with Crippen molar-refractivity contribution in [3.63, 3.8) is 0 Å². The van der Waals surface area contributed by atoms with Gasteiger partial charge in [0.05, 0.1) is 18.5 Å². The van der Waals surface area contributed by atoms with Gasteiger partial charge in [-0.05, 0) is 41.5 Å². The molecule has 0 saturated heterocycles. The van der Waals surface area contributed by atoms with Crippen LogP contribution >= 0.6 is 0 Å².